The maximum atomic E-state index is 13.2. The van der Waals surface area contributed by atoms with Crippen molar-refractivity contribution in [1.82, 2.24) is 5.32 Å². The first-order chi connectivity index (χ1) is 7.70. The van der Waals surface area contributed by atoms with Gasteiger partial charge in [-0.3, -0.25) is 0 Å². The molecule has 0 aliphatic rings. The van der Waals surface area contributed by atoms with Crippen LogP contribution in [-0.2, 0) is 11.3 Å². The summed E-state index contributed by atoms with van der Waals surface area (Å²) in [5.74, 6) is -0.169. The molecule has 0 fully saturated rings. The van der Waals surface area contributed by atoms with E-state index in [1.165, 1.54) is 6.07 Å². The predicted octanol–water partition coefficient (Wildman–Crippen LogP) is 2.51. The lowest BCUT2D eigenvalue weighted by Gasteiger charge is -2.06. The van der Waals surface area contributed by atoms with Crippen molar-refractivity contribution in [2.45, 2.75) is 13.5 Å². The molecule has 1 rings (SSSR count). The molecule has 16 heavy (non-hydrogen) atoms. The summed E-state index contributed by atoms with van der Waals surface area (Å²) in [6, 6.07) is 6.76. The monoisotopic (exact) mass is 223 g/mol. The molecule has 1 N–H and O–H groups in total. The van der Waals surface area contributed by atoms with Crippen LogP contribution in [0.5, 0.6) is 0 Å². The minimum absolute atomic E-state index is 0.169. The molecule has 0 aliphatic carbocycles. The van der Waals surface area contributed by atoms with Gasteiger partial charge in [-0.2, -0.15) is 0 Å². The summed E-state index contributed by atoms with van der Waals surface area (Å²) >= 11 is 0. The highest BCUT2D eigenvalue weighted by Gasteiger charge is 1.98. The van der Waals surface area contributed by atoms with E-state index >= 15 is 0 Å². The molecule has 0 radical (unpaired) electrons. The molecular formula is C13H18FNO. The Balaban J connectivity index is 2.12. The zero-order valence-corrected chi connectivity index (χ0v) is 9.63. The molecule has 0 unspecified atom stereocenters. The largest absolute Gasteiger partial charge is 0.376 e. The van der Waals surface area contributed by atoms with Gasteiger partial charge in [-0.25, -0.2) is 4.39 Å². The Morgan fingerprint density at radius 3 is 2.88 bits per heavy atom. The van der Waals surface area contributed by atoms with Crippen LogP contribution in [0.1, 0.15) is 12.5 Å². The number of hydrogen-bond donors (Lipinski definition) is 1. The number of benzene rings is 1. The van der Waals surface area contributed by atoms with Gasteiger partial charge in [0.15, 0.2) is 0 Å². The minimum Gasteiger partial charge on any atom is -0.376 e. The molecule has 0 heterocycles. The van der Waals surface area contributed by atoms with Gasteiger partial charge in [0.05, 0.1) is 13.2 Å². The Morgan fingerprint density at radius 2 is 2.19 bits per heavy atom. The second-order valence-corrected chi connectivity index (χ2v) is 3.78. The number of rotatable bonds is 7. The molecule has 0 atom stereocenters. The first-order valence-corrected chi connectivity index (χ1v) is 5.36. The van der Waals surface area contributed by atoms with Crippen LogP contribution in [0, 0.1) is 5.82 Å². The van der Waals surface area contributed by atoms with Crippen LogP contribution in [0.2, 0.25) is 0 Å². The van der Waals surface area contributed by atoms with Gasteiger partial charge >= 0.3 is 0 Å². The van der Waals surface area contributed by atoms with E-state index in [1.807, 2.05) is 13.0 Å². The average Bonchev–Trinajstić information content (AvgIpc) is 2.25. The highest BCUT2D eigenvalue weighted by atomic mass is 19.1. The van der Waals surface area contributed by atoms with Crippen molar-refractivity contribution < 1.29 is 9.13 Å². The standard InChI is InChI=1S/C13H18FNO/c1-11(2)10-16-8-7-15-9-12-5-3-4-6-13(12)14/h3-6,15H,1,7-10H2,2H3. The summed E-state index contributed by atoms with van der Waals surface area (Å²) in [7, 11) is 0. The quantitative estimate of drug-likeness (QED) is 0.566. The van der Waals surface area contributed by atoms with E-state index in [-0.39, 0.29) is 5.82 Å². The van der Waals surface area contributed by atoms with E-state index in [1.54, 1.807) is 12.1 Å². The summed E-state index contributed by atoms with van der Waals surface area (Å²) in [4.78, 5) is 0. The fourth-order valence-corrected chi connectivity index (χ4v) is 1.26. The number of nitrogens with one attached hydrogen (secondary N) is 1. The smallest absolute Gasteiger partial charge is 0.127 e. The van der Waals surface area contributed by atoms with Gasteiger partial charge in [-0.15, -0.1) is 0 Å². The number of halogens is 1. The van der Waals surface area contributed by atoms with E-state index in [2.05, 4.69) is 11.9 Å². The first kappa shape index (κ1) is 12.9. The Morgan fingerprint density at radius 1 is 1.44 bits per heavy atom. The van der Waals surface area contributed by atoms with E-state index in [9.17, 15) is 4.39 Å². The molecule has 0 aromatic heterocycles. The second-order valence-electron chi connectivity index (χ2n) is 3.78. The zero-order chi connectivity index (χ0) is 11.8. The SMILES string of the molecule is C=C(C)COCCNCc1ccccc1F. The van der Waals surface area contributed by atoms with Crippen molar-refractivity contribution in [2.24, 2.45) is 0 Å². The van der Waals surface area contributed by atoms with Gasteiger partial charge in [0.1, 0.15) is 5.82 Å². The van der Waals surface area contributed by atoms with Crippen molar-refractivity contribution in [3.8, 4) is 0 Å². The average molecular weight is 223 g/mol. The van der Waals surface area contributed by atoms with Crippen molar-refractivity contribution in [2.75, 3.05) is 19.8 Å². The molecule has 88 valence electrons. The van der Waals surface area contributed by atoms with Crippen molar-refractivity contribution >= 4 is 0 Å². The predicted molar refractivity (Wildman–Crippen MR) is 63.7 cm³/mol. The molecule has 2 nitrogen and oxygen atoms in total. The van der Waals surface area contributed by atoms with Crippen LogP contribution in [0.25, 0.3) is 0 Å². The van der Waals surface area contributed by atoms with Crippen molar-refractivity contribution in [1.29, 1.82) is 0 Å². The first-order valence-electron chi connectivity index (χ1n) is 5.36. The fourth-order valence-electron chi connectivity index (χ4n) is 1.26. The van der Waals surface area contributed by atoms with Crippen LogP contribution < -0.4 is 5.32 Å². The van der Waals surface area contributed by atoms with Crippen LogP contribution in [0.15, 0.2) is 36.4 Å². The van der Waals surface area contributed by atoms with E-state index < -0.39 is 0 Å². The fraction of sp³-hybridized carbons (Fsp3) is 0.385. The summed E-state index contributed by atoms with van der Waals surface area (Å²) in [5, 5.41) is 3.12. The van der Waals surface area contributed by atoms with Crippen LogP contribution >= 0.6 is 0 Å². The summed E-state index contributed by atoms with van der Waals surface area (Å²) in [6.45, 7) is 8.10. The van der Waals surface area contributed by atoms with Gasteiger partial charge in [-0.1, -0.05) is 30.4 Å². The molecule has 1 aromatic carbocycles. The number of hydrogen-bond acceptors (Lipinski definition) is 2. The lowest BCUT2D eigenvalue weighted by atomic mass is 10.2. The molecule has 0 aliphatic heterocycles. The Labute approximate surface area is 96.1 Å². The van der Waals surface area contributed by atoms with Gasteiger partial charge in [0, 0.05) is 18.7 Å². The Hall–Kier alpha value is -1.19. The second kappa shape index (κ2) is 7.14. The zero-order valence-electron chi connectivity index (χ0n) is 9.63. The molecular weight excluding hydrogens is 205 g/mol. The molecule has 0 amide bonds. The Bertz CT molecular complexity index is 338. The third-order valence-corrected chi connectivity index (χ3v) is 2.04. The van der Waals surface area contributed by atoms with Gasteiger partial charge in [-0.05, 0) is 13.0 Å². The topological polar surface area (TPSA) is 21.3 Å². The van der Waals surface area contributed by atoms with E-state index in [4.69, 9.17) is 4.74 Å². The van der Waals surface area contributed by atoms with Gasteiger partial charge in [0.25, 0.3) is 0 Å². The normalized spacial score (nSPS) is 10.4. The highest BCUT2D eigenvalue weighted by molar-refractivity contribution is 5.16. The third-order valence-electron chi connectivity index (χ3n) is 2.04. The lowest BCUT2D eigenvalue weighted by Crippen LogP contribution is -2.20. The van der Waals surface area contributed by atoms with Crippen LogP contribution in [-0.4, -0.2) is 19.8 Å². The maximum Gasteiger partial charge on any atom is 0.127 e. The Kier molecular flexibility index (Phi) is 5.75. The van der Waals surface area contributed by atoms with Gasteiger partial charge < -0.3 is 10.1 Å². The van der Waals surface area contributed by atoms with Crippen LogP contribution in [0.3, 0.4) is 0 Å². The molecule has 3 heteroatoms. The molecule has 0 bridgehead atoms. The highest BCUT2D eigenvalue weighted by Crippen LogP contribution is 2.04. The molecule has 0 saturated heterocycles. The summed E-state index contributed by atoms with van der Waals surface area (Å²) in [6.07, 6.45) is 0. The molecule has 1 aromatic rings. The third kappa shape index (κ3) is 5.05. The maximum absolute atomic E-state index is 13.2. The van der Waals surface area contributed by atoms with E-state index in [0.29, 0.717) is 31.9 Å². The number of ether oxygens (including phenoxy) is 1. The molecule has 0 spiro atoms. The van der Waals surface area contributed by atoms with Crippen molar-refractivity contribution in [3.05, 3.63) is 47.8 Å². The van der Waals surface area contributed by atoms with Crippen LogP contribution in [0.4, 0.5) is 4.39 Å². The minimum atomic E-state index is -0.169. The summed E-state index contributed by atoms with van der Waals surface area (Å²) in [5.41, 5.74) is 1.69. The summed E-state index contributed by atoms with van der Waals surface area (Å²) < 4.78 is 18.5. The van der Waals surface area contributed by atoms with Crippen molar-refractivity contribution in [3.63, 3.8) is 0 Å². The van der Waals surface area contributed by atoms with E-state index in [0.717, 1.165) is 5.57 Å². The van der Waals surface area contributed by atoms with Gasteiger partial charge in [0.2, 0.25) is 0 Å². The lowest BCUT2D eigenvalue weighted by molar-refractivity contribution is 0.157. The molecule has 0 saturated carbocycles.